The van der Waals surface area contributed by atoms with Crippen molar-refractivity contribution in [3.63, 3.8) is 0 Å². The van der Waals surface area contributed by atoms with Crippen molar-refractivity contribution in [1.82, 2.24) is 18.8 Å². The number of methoxy groups -OCH3 is 1. The Kier molecular flexibility index (Phi) is 7.99. The van der Waals surface area contributed by atoms with Crippen LogP contribution in [0, 0.1) is 13.8 Å². The number of amides is 1. The molecule has 0 saturated carbocycles. The summed E-state index contributed by atoms with van der Waals surface area (Å²) in [6.45, 7) is 4.43. The molecule has 2 fully saturated rings. The van der Waals surface area contributed by atoms with E-state index >= 15 is 0 Å². The average Bonchev–Trinajstić information content (AvgIpc) is 3.55. The van der Waals surface area contributed by atoms with E-state index in [-0.39, 0.29) is 42.2 Å². The summed E-state index contributed by atoms with van der Waals surface area (Å²) in [5.74, 6) is 1.37. The number of aryl methyl sites for hydroxylation is 2. The van der Waals surface area contributed by atoms with Crippen LogP contribution in [-0.4, -0.2) is 78.1 Å². The van der Waals surface area contributed by atoms with Gasteiger partial charge in [0.1, 0.15) is 24.2 Å². The maximum Gasteiger partial charge on any atom is 0.249 e. The van der Waals surface area contributed by atoms with Gasteiger partial charge in [-0.15, -0.1) is 0 Å². The van der Waals surface area contributed by atoms with Gasteiger partial charge in [0.15, 0.2) is 0 Å². The van der Waals surface area contributed by atoms with E-state index in [1.807, 2.05) is 35.4 Å². The first-order valence-corrected chi connectivity index (χ1v) is 16.0. The minimum Gasteiger partial charge on any atom is -0.497 e. The Morgan fingerprint density at radius 3 is 2.36 bits per heavy atom. The molecular formula is C31H38N4O6S. The lowest BCUT2D eigenvalue weighted by molar-refractivity contribution is -0.142. The summed E-state index contributed by atoms with van der Waals surface area (Å²) in [5.41, 5.74) is 2.12. The molecule has 0 radical (unpaired) electrons. The number of aromatic nitrogens is 2. The van der Waals surface area contributed by atoms with E-state index in [0.29, 0.717) is 30.0 Å². The largest absolute Gasteiger partial charge is 0.497 e. The molecule has 2 saturated heterocycles. The van der Waals surface area contributed by atoms with Gasteiger partial charge in [0, 0.05) is 62.3 Å². The molecule has 2 bridgehead atoms. The van der Waals surface area contributed by atoms with Crippen molar-refractivity contribution in [3.05, 3.63) is 71.8 Å². The Hall–Kier alpha value is -3.41. The lowest BCUT2D eigenvalue weighted by Gasteiger charge is -2.39. The molecular weight excluding hydrogens is 556 g/mol. The molecule has 2 aromatic heterocycles. The van der Waals surface area contributed by atoms with E-state index in [1.54, 1.807) is 45.5 Å². The number of hydrogen-bond donors (Lipinski definition) is 0. The smallest absolute Gasteiger partial charge is 0.249 e. The molecule has 3 aromatic rings. The van der Waals surface area contributed by atoms with Crippen molar-refractivity contribution in [2.45, 2.75) is 75.2 Å². The molecule has 224 valence electrons. The van der Waals surface area contributed by atoms with Gasteiger partial charge in [-0.2, -0.15) is 4.31 Å². The Labute approximate surface area is 247 Å². The van der Waals surface area contributed by atoms with E-state index in [9.17, 15) is 13.2 Å². The third kappa shape index (κ3) is 5.41. The predicted octanol–water partition coefficient (Wildman–Crippen LogP) is 3.87. The number of nitrogens with zero attached hydrogens (tertiary/aromatic N) is 4. The number of carbonyl (C=O) groups is 1. The second kappa shape index (κ2) is 11.7. The molecule has 0 N–H and O–H groups in total. The molecule has 5 heterocycles. The second-order valence-corrected chi connectivity index (χ2v) is 13.3. The fraction of sp³-hybridized carbons (Fsp3) is 0.484. The molecule has 4 atom stereocenters. The molecule has 6 rings (SSSR count). The number of sulfonamides is 1. The Morgan fingerprint density at radius 1 is 1.00 bits per heavy atom. The molecule has 42 heavy (non-hydrogen) atoms. The highest BCUT2D eigenvalue weighted by Gasteiger charge is 2.44. The fourth-order valence-corrected chi connectivity index (χ4v) is 9.02. The molecule has 0 spiro atoms. The van der Waals surface area contributed by atoms with Crippen molar-refractivity contribution in [1.29, 1.82) is 0 Å². The molecule has 11 heteroatoms. The second-order valence-electron chi connectivity index (χ2n) is 11.4. The SMILES string of the molecule is COc1cc(C)c(S(=O)(=O)N2CCn3cccc3C2COCC(=O)N2[C@@H]3CC[C@H]2CC(Oc2ccncc2)C3)c(C)c1. The molecule has 2 unspecified atom stereocenters. The van der Waals surface area contributed by atoms with Crippen LogP contribution in [0.2, 0.25) is 0 Å². The van der Waals surface area contributed by atoms with Crippen LogP contribution in [0.25, 0.3) is 0 Å². The molecule has 10 nitrogen and oxygen atoms in total. The molecule has 0 aliphatic carbocycles. The van der Waals surface area contributed by atoms with E-state index in [1.165, 1.54) is 4.31 Å². The number of fused-ring (bicyclic) bond motifs is 3. The van der Waals surface area contributed by atoms with Gasteiger partial charge in [-0.05, 0) is 74.2 Å². The zero-order valence-electron chi connectivity index (χ0n) is 24.3. The minimum absolute atomic E-state index is 0.0488. The Balaban J connectivity index is 1.14. The number of pyridine rings is 1. The third-order valence-electron chi connectivity index (χ3n) is 8.78. The summed E-state index contributed by atoms with van der Waals surface area (Å²) in [5, 5.41) is 0. The lowest BCUT2D eigenvalue weighted by Crippen LogP contribution is -2.50. The monoisotopic (exact) mass is 594 g/mol. The van der Waals surface area contributed by atoms with Gasteiger partial charge in [0.05, 0.1) is 24.7 Å². The standard InChI is InChI=1S/C31H38N4O6S/c1-21-15-26(39-3)16-22(2)31(21)42(37,38)34-14-13-33-12-4-5-28(33)29(34)19-40-20-30(36)35-23-6-7-24(35)18-27(17-23)41-25-8-10-32-11-9-25/h4-5,8-12,15-16,23-24,27,29H,6-7,13-14,17-20H2,1-3H3/t23-,24+,27?,29?. The van der Waals surface area contributed by atoms with Crippen molar-refractivity contribution in [2.75, 3.05) is 26.9 Å². The van der Waals surface area contributed by atoms with Crippen molar-refractivity contribution in [2.24, 2.45) is 0 Å². The van der Waals surface area contributed by atoms with Gasteiger partial charge in [-0.3, -0.25) is 9.78 Å². The fourth-order valence-electron chi connectivity index (χ4n) is 7.02. The number of rotatable bonds is 9. The van der Waals surface area contributed by atoms with Crippen LogP contribution in [0.15, 0.2) is 59.9 Å². The number of benzene rings is 1. The van der Waals surface area contributed by atoms with Gasteiger partial charge in [0.2, 0.25) is 15.9 Å². The number of carbonyl (C=O) groups excluding carboxylic acids is 1. The molecule has 3 aliphatic rings. The molecule has 3 aliphatic heterocycles. The number of piperidine rings is 1. The van der Waals surface area contributed by atoms with Crippen LogP contribution in [0.3, 0.4) is 0 Å². The van der Waals surface area contributed by atoms with Crippen LogP contribution in [-0.2, 0) is 26.1 Å². The summed E-state index contributed by atoms with van der Waals surface area (Å²) < 4.78 is 49.4. The highest BCUT2D eigenvalue weighted by atomic mass is 32.2. The Morgan fingerprint density at radius 2 is 1.69 bits per heavy atom. The van der Waals surface area contributed by atoms with E-state index in [2.05, 4.69) is 9.55 Å². The van der Waals surface area contributed by atoms with Gasteiger partial charge in [-0.25, -0.2) is 8.42 Å². The zero-order valence-corrected chi connectivity index (χ0v) is 25.1. The maximum absolute atomic E-state index is 14.1. The first kappa shape index (κ1) is 28.7. The van der Waals surface area contributed by atoms with Crippen LogP contribution in [0.5, 0.6) is 11.5 Å². The topological polar surface area (TPSA) is 103 Å². The van der Waals surface area contributed by atoms with Gasteiger partial charge in [0.25, 0.3) is 0 Å². The van der Waals surface area contributed by atoms with Crippen molar-refractivity contribution >= 4 is 15.9 Å². The summed E-state index contributed by atoms with van der Waals surface area (Å²) >= 11 is 0. The van der Waals surface area contributed by atoms with Crippen molar-refractivity contribution < 1.29 is 27.4 Å². The summed E-state index contributed by atoms with van der Waals surface area (Å²) in [4.78, 5) is 19.7. The van der Waals surface area contributed by atoms with Crippen LogP contribution in [0.4, 0.5) is 0 Å². The normalized spacial score (nSPS) is 23.9. The molecule has 1 amide bonds. The lowest BCUT2D eigenvalue weighted by atomic mass is 9.99. The Bertz CT molecular complexity index is 1500. The minimum atomic E-state index is -3.86. The summed E-state index contributed by atoms with van der Waals surface area (Å²) in [6, 6.07) is 10.7. The maximum atomic E-state index is 14.1. The molecule has 1 aromatic carbocycles. The van der Waals surface area contributed by atoms with Gasteiger partial charge in [-0.1, -0.05) is 0 Å². The zero-order chi connectivity index (χ0) is 29.4. The van der Waals surface area contributed by atoms with Gasteiger partial charge < -0.3 is 23.7 Å². The highest BCUT2D eigenvalue weighted by molar-refractivity contribution is 7.89. The van der Waals surface area contributed by atoms with E-state index in [0.717, 1.165) is 37.1 Å². The number of ether oxygens (including phenoxy) is 3. The highest BCUT2D eigenvalue weighted by Crippen LogP contribution is 2.38. The number of hydrogen-bond acceptors (Lipinski definition) is 7. The van der Waals surface area contributed by atoms with Crippen LogP contribution in [0.1, 0.15) is 48.5 Å². The van der Waals surface area contributed by atoms with Crippen LogP contribution < -0.4 is 9.47 Å². The third-order valence-corrected chi connectivity index (χ3v) is 11.0. The first-order chi connectivity index (χ1) is 20.3. The predicted molar refractivity (Wildman–Crippen MR) is 156 cm³/mol. The average molecular weight is 595 g/mol. The summed E-state index contributed by atoms with van der Waals surface area (Å²) in [6.07, 6.45) is 8.93. The first-order valence-electron chi connectivity index (χ1n) is 14.5. The van der Waals surface area contributed by atoms with E-state index in [4.69, 9.17) is 14.2 Å². The van der Waals surface area contributed by atoms with E-state index < -0.39 is 16.1 Å². The summed E-state index contributed by atoms with van der Waals surface area (Å²) in [7, 11) is -2.29. The van der Waals surface area contributed by atoms with Crippen LogP contribution >= 0.6 is 0 Å². The quantitative estimate of drug-likeness (QED) is 0.371. The van der Waals surface area contributed by atoms with Crippen molar-refractivity contribution in [3.8, 4) is 11.5 Å². The van der Waals surface area contributed by atoms with Gasteiger partial charge >= 0.3 is 0 Å².